The summed E-state index contributed by atoms with van der Waals surface area (Å²) in [5.74, 6) is -5.56. The molecule has 3 heterocycles. The van der Waals surface area contributed by atoms with Crippen LogP contribution in [0.15, 0.2) is 29.8 Å². The molecule has 52 heavy (non-hydrogen) atoms. The smallest absolute Gasteiger partial charge is 0.247 e. The molecule has 0 spiro atoms. The lowest BCUT2D eigenvalue weighted by atomic mass is 9.85. The Morgan fingerprint density at radius 2 is 1.67 bits per heavy atom. The van der Waals surface area contributed by atoms with Crippen LogP contribution in [0.1, 0.15) is 44.5 Å². The Hall–Kier alpha value is -4.59. The number of nitrogens with two attached hydrogens (primary N) is 2. The highest BCUT2D eigenvalue weighted by atomic mass is 32.2. The number of nitrogens with zero attached hydrogens (tertiary/aromatic N) is 2. The fraction of sp³-hybridized carbons (Fsp3) is 0.515. The number of aliphatic hydroxyl groups excluding tert-OH is 1. The van der Waals surface area contributed by atoms with Gasteiger partial charge < -0.3 is 48.1 Å². The van der Waals surface area contributed by atoms with Crippen LogP contribution in [-0.4, -0.2) is 118 Å². The number of nitrogens with one attached hydrogen (secondary N) is 5. The Kier molecular flexibility index (Phi) is 13.4. The molecule has 1 aromatic carbocycles. The number of amides is 7. The molecule has 0 aliphatic carbocycles. The van der Waals surface area contributed by atoms with Crippen LogP contribution in [0.2, 0.25) is 0 Å². The van der Waals surface area contributed by atoms with Gasteiger partial charge in [0.1, 0.15) is 30.2 Å². The van der Waals surface area contributed by atoms with Gasteiger partial charge in [0.05, 0.1) is 34.5 Å². The molecule has 2 aliphatic rings. The third-order valence-corrected chi connectivity index (χ3v) is 10.6. The van der Waals surface area contributed by atoms with E-state index < -0.39 is 89.6 Å². The summed E-state index contributed by atoms with van der Waals surface area (Å²) in [6.07, 6.45) is -1.19. The molecule has 2 fully saturated rings. The Labute approximate surface area is 308 Å². The molecule has 0 unspecified atom stereocenters. The Bertz CT molecular complexity index is 1680. The lowest BCUT2D eigenvalue weighted by Crippen LogP contribution is -2.58. The number of aliphatic hydroxyl groups is 1. The fourth-order valence-corrected chi connectivity index (χ4v) is 7.43. The number of aryl methyl sites for hydroxylation is 1. The molecule has 6 atom stereocenters. The molecule has 17 nitrogen and oxygen atoms in total. The highest BCUT2D eigenvalue weighted by Crippen LogP contribution is 2.30. The zero-order valence-electron chi connectivity index (χ0n) is 29.3. The van der Waals surface area contributed by atoms with E-state index in [9.17, 15) is 38.7 Å². The highest BCUT2D eigenvalue weighted by molar-refractivity contribution is 8.00. The van der Waals surface area contributed by atoms with E-state index in [1.54, 1.807) is 50.5 Å². The number of carbonyl (C=O) groups excluding carboxylic acids is 7. The summed E-state index contributed by atoms with van der Waals surface area (Å²) in [6.45, 7) is 5.87. The number of primary amides is 1. The molecule has 0 bridgehead atoms. The highest BCUT2D eigenvalue weighted by Gasteiger charge is 2.45. The van der Waals surface area contributed by atoms with Crippen LogP contribution >= 0.6 is 23.1 Å². The van der Waals surface area contributed by atoms with Crippen LogP contribution in [0.3, 0.4) is 0 Å². The number of rotatable bonds is 4. The maximum Gasteiger partial charge on any atom is 0.247 e. The van der Waals surface area contributed by atoms with E-state index in [0.717, 1.165) is 27.9 Å². The molecule has 2 aromatic rings. The van der Waals surface area contributed by atoms with E-state index in [2.05, 4.69) is 31.6 Å². The van der Waals surface area contributed by atoms with Crippen molar-refractivity contribution in [1.82, 2.24) is 36.5 Å². The predicted octanol–water partition coefficient (Wildman–Crippen LogP) is -1.95. The Balaban J connectivity index is 1.69. The molecule has 19 heteroatoms. The quantitative estimate of drug-likeness (QED) is 0.170. The average Bonchev–Trinajstić information content (AvgIpc) is 3.70. The minimum absolute atomic E-state index is 0.114. The molecule has 10 N–H and O–H groups in total. The van der Waals surface area contributed by atoms with Crippen molar-refractivity contribution in [2.75, 3.05) is 31.1 Å². The lowest BCUT2D eigenvalue weighted by Gasteiger charge is -2.35. The molecule has 7 amide bonds. The van der Waals surface area contributed by atoms with Crippen molar-refractivity contribution >= 4 is 64.4 Å². The van der Waals surface area contributed by atoms with E-state index in [4.69, 9.17) is 11.5 Å². The van der Waals surface area contributed by atoms with Crippen LogP contribution in [0.4, 0.5) is 0 Å². The first kappa shape index (κ1) is 40.2. The molecule has 1 aromatic heterocycles. The van der Waals surface area contributed by atoms with Crippen molar-refractivity contribution in [3.05, 3.63) is 41.0 Å². The Morgan fingerprint density at radius 1 is 0.981 bits per heavy atom. The van der Waals surface area contributed by atoms with Crippen molar-refractivity contribution in [1.29, 1.82) is 0 Å². The molecule has 2 saturated heterocycles. The van der Waals surface area contributed by atoms with Gasteiger partial charge in [0, 0.05) is 25.3 Å². The average molecular weight is 760 g/mol. The van der Waals surface area contributed by atoms with Gasteiger partial charge in [-0.3, -0.25) is 33.6 Å². The predicted molar refractivity (Wildman–Crippen MR) is 193 cm³/mol. The lowest BCUT2D eigenvalue weighted by molar-refractivity contribution is -0.144. The zero-order valence-corrected chi connectivity index (χ0v) is 30.9. The Morgan fingerprint density at radius 3 is 2.27 bits per heavy atom. The molecular weight excluding hydrogens is 715 g/mol. The minimum Gasteiger partial charge on any atom is -0.391 e. The number of thioether (sulfide) groups is 1. The molecule has 282 valence electrons. The largest absolute Gasteiger partial charge is 0.391 e. The summed E-state index contributed by atoms with van der Waals surface area (Å²) in [5, 5.41) is 23.4. The second-order valence-corrected chi connectivity index (χ2v) is 15.5. The summed E-state index contributed by atoms with van der Waals surface area (Å²) in [4.78, 5) is 99.2. The molecule has 2 aliphatic heterocycles. The topological polar surface area (TPSA) is 268 Å². The van der Waals surface area contributed by atoms with Gasteiger partial charge >= 0.3 is 0 Å². The number of hydrogen-bond acceptors (Lipinski definition) is 12. The second kappa shape index (κ2) is 17.3. The molecule has 4 rings (SSSR count). The van der Waals surface area contributed by atoms with E-state index in [1.165, 1.54) is 16.2 Å². The van der Waals surface area contributed by atoms with Gasteiger partial charge in [-0.1, -0.05) is 45.0 Å². The van der Waals surface area contributed by atoms with Gasteiger partial charge in [-0.2, -0.15) is 0 Å². The summed E-state index contributed by atoms with van der Waals surface area (Å²) in [6, 6.07) is 0.563. The summed E-state index contributed by atoms with van der Waals surface area (Å²) in [5.41, 5.74) is 14.1. The van der Waals surface area contributed by atoms with Crippen LogP contribution in [0.25, 0.3) is 10.4 Å². The third-order valence-electron chi connectivity index (χ3n) is 8.57. The summed E-state index contributed by atoms with van der Waals surface area (Å²) >= 11 is 2.41. The molecule has 0 radical (unpaired) electrons. The van der Waals surface area contributed by atoms with Crippen LogP contribution < -0.4 is 38.1 Å². The standard InChI is InChI=1S/C33H45N9O8S2/c1-16-26(52-15-37-16)18-7-5-17(6-8-18)25-31(49)36-11-23(44)38-20(10-34)29(47)39-21(28(35)46)13-51-14-24(45)40-27(33(2,3)4)32(50)42-12-19(43)9-22(42)30(48)41-25/h5-8,15,19-22,25,27,43H,9-14,34H2,1-4H3,(H2,35,46)(H,36,49)(H,38,44)(H,39,47)(H,40,45)(H,41,48)/t19-,20-,21-,22+,25-,27-/m1/s1. The molecular formula is C33H45N9O8S2. The van der Waals surface area contributed by atoms with Crippen molar-refractivity contribution in [2.24, 2.45) is 16.9 Å². The second-order valence-electron chi connectivity index (χ2n) is 13.6. The number of fused-ring (bicyclic) bond motifs is 1. The van der Waals surface area contributed by atoms with Crippen molar-refractivity contribution < 1.29 is 38.7 Å². The van der Waals surface area contributed by atoms with E-state index >= 15 is 0 Å². The van der Waals surface area contributed by atoms with Crippen LogP contribution in [0, 0.1) is 12.3 Å². The van der Waals surface area contributed by atoms with Crippen molar-refractivity contribution in [3.63, 3.8) is 0 Å². The zero-order chi connectivity index (χ0) is 38.3. The minimum atomic E-state index is -1.36. The monoisotopic (exact) mass is 759 g/mol. The normalized spacial score (nSPS) is 26.2. The van der Waals surface area contributed by atoms with Gasteiger partial charge in [0.2, 0.25) is 41.4 Å². The number of thiazole rings is 1. The summed E-state index contributed by atoms with van der Waals surface area (Å²) in [7, 11) is 0. The summed E-state index contributed by atoms with van der Waals surface area (Å²) < 4.78 is 0. The maximum absolute atomic E-state index is 14.1. The van der Waals surface area contributed by atoms with Gasteiger partial charge in [0.15, 0.2) is 0 Å². The number of benzene rings is 1. The van der Waals surface area contributed by atoms with E-state index in [-0.39, 0.29) is 31.0 Å². The number of hydrogen-bond donors (Lipinski definition) is 8. The first-order chi connectivity index (χ1) is 24.5. The van der Waals surface area contributed by atoms with Crippen molar-refractivity contribution in [3.8, 4) is 10.4 Å². The van der Waals surface area contributed by atoms with E-state index in [0.29, 0.717) is 5.56 Å². The molecule has 0 saturated carbocycles. The van der Waals surface area contributed by atoms with Crippen LogP contribution in [0.5, 0.6) is 0 Å². The number of aromatic nitrogens is 1. The fourth-order valence-electron chi connectivity index (χ4n) is 5.75. The van der Waals surface area contributed by atoms with Gasteiger partial charge in [-0.05, 0) is 23.5 Å². The first-order valence-corrected chi connectivity index (χ1v) is 18.6. The van der Waals surface area contributed by atoms with E-state index in [1.807, 2.05) is 6.92 Å². The van der Waals surface area contributed by atoms with Crippen LogP contribution in [-0.2, 0) is 33.6 Å². The maximum atomic E-state index is 14.1. The first-order valence-electron chi connectivity index (χ1n) is 16.5. The van der Waals surface area contributed by atoms with Gasteiger partial charge in [0.25, 0.3) is 0 Å². The third kappa shape index (κ3) is 10.0. The van der Waals surface area contributed by atoms with Gasteiger partial charge in [-0.25, -0.2) is 4.98 Å². The number of carbonyl (C=O) groups is 7. The SMILES string of the molecule is Cc1ncsc1-c1ccc([C@H]2NC(=O)[C@@H]3C[C@@H](O)CN3C(=O)[C@H](C(C)(C)C)NC(=O)CSC[C@H](C(N)=O)NC(=O)[C@@H](CN)NC(=O)CNC2=O)cc1. The van der Waals surface area contributed by atoms with Crippen molar-refractivity contribution in [2.45, 2.75) is 70.4 Å². The van der Waals surface area contributed by atoms with Gasteiger partial charge in [-0.15, -0.1) is 23.1 Å².